The number of carbonyl (C=O) groups excluding carboxylic acids is 1. The van der Waals surface area contributed by atoms with Crippen molar-refractivity contribution >= 4 is 17.7 Å². The molecule has 0 bridgehead atoms. The van der Waals surface area contributed by atoms with Crippen LogP contribution in [0, 0.1) is 5.82 Å². The molecule has 5 heteroatoms. The molecule has 0 radical (unpaired) electrons. The summed E-state index contributed by atoms with van der Waals surface area (Å²) in [5.74, 6) is 0.513. The maximum Gasteiger partial charge on any atom is 0.239 e. The molecule has 0 aliphatic rings. The van der Waals surface area contributed by atoms with Gasteiger partial charge in [0, 0.05) is 7.05 Å². The molecule has 1 aromatic rings. The minimum atomic E-state index is -0.472. The van der Waals surface area contributed by atoms with Gasteiger partial charge in [0.2, 0.25) is 5.91 Å². The Morgan fingerprint density at radius 1 is 1.42 bits per heavy atom. The van der Waals surface area contributed by atoms with Crippen LogP contribution >= 0.6 is 11.8 Å². The van der Waals surface area contributed by atoms with Crippen LogP contribution in [0.15, 0.2) is 24.3 Å². The lowest BCUT2D eigenvalue weighted by Gasteiger charge is -2.28. The highest BCUT2D eigenvalue weighted by molar-refractivity contribution is 7.98. The number of thioether (sulfide) groups is 1. The summed E-state index contributed by atoms with van der Waals surface area (Å²) in [7, 11) is 1.73. The second-order valence-electron chi connectivity index (χ2n) is 4.56. The predicted molar refractivity (Wildman–Crippen MR) is 78.6 cm³/mol. The Hall–Kier alpha value is -1.07. The van der Waals surface area contributed by atoms with Crippen molar-refractivity contribution in [2.75, 3.05) is 19.1 Å². The van der Waals surface area contributed by atoms with E-state index in [0.29, 0.717) is 6.42 Å². The van der Waals surface area contributed by atoms with Crippen molar-refractivity contribution in [3.05, 3.63) is 35.6 Å². The molecular formula is C14H21FN2OS. The minimum absolute atomic E-state index is 0.0779. The van der Waals surface area contributed by atoms with Gasteiger partial charge in [-0.05, 0) is 43.0 Å². The summed E-state index contributed by atoms with van der Waals surface area (Å²) in [6.45, 7) is 1.91. The highest BCUT2D eigenvalue weighted by Crippen LogP contribution is 2.20. The summed E-state index contributed by atoms with van der Waals surface area (Å²) in [5.41, 5.74) is 6.78. The fourth-order valence-electron chi connectivity index (χ4n) is 1.79. The van der Waals surface area contributed by atoms with Crippen LogP contribution in [0.1, 0.15) is 24.9 Å². The molecule has 2 N–H and O–H groups in total. The van der Waals surface area contributed by atoms with Gasteiger partial charge in [0.25, 0.3) is 0 Å². The third kappa shape index (κ3) is 4.51. The van der Waals surface area contributed by atoms with Crippen molar-refractivity contribution in [1.29, 1.82) is 0 Å². The average Bonchev–Trinajstić information content (AvgIpc) is 2.43. The first-order valence-corrected chi connectivity index (χ1v) is 7.63. The van der Waals surface area contributed by atoms with Crippen LogP contribution < -0.4 is 5.73 Å². The van der Waals surface area contributed by atoms with Crippen molar-refractivity contribution in [3.63, 3.8) is 0 Å². The Labute approximate surface area is 118 Å². The average molecular weight is 284 g/mol. The van der Waals surface area contributed by atoms with E-state index in [1.807, 2.05) is 13.2 Å². The van der Waals surface area contributed by atoms with Gasteiger partial charge in [0.05, 0.1) is 12.1 Å². The van der Waals surface area contributed by atoms with Crippen LogP contribution in [0.2, 0.25) is 0 Å². The number of nitrogens with zero attached hydrogens (tertiary/aromatic N) is 1. The van der Waals surface area contributed by atoms with E-state index in [9.17, 15) is 9.18 Å². The van der Waals surface area contributed by atoms with Gasteiger partial charge in [0.1, 0.15) is 5.82 Å². The van der Waals surface area contributed by atoms with Gasteiger partial charge < -0.3 is 10.6 Å². The van der Waals surface area contributed by atoms with E-state index in [4.69, 9.17) is 5.73 Å². The van der Waals surface area contributed by atoms with Gasteiger partial charge in [-0.2, -0.15) is 11.8 Å². The Morgan fingerprint density at radius 3 is 2.53 bits per heavy atom. The number of carbonyl (C=O) groups is 1. The first-order chi connectivity index (χ1) is 8.97. The van der Waals surface area contributed by atoms with Crippen LogP contribution in [-0.4, -0.2) is 35.9 Å². The Balaban J connectivity index is 2.67. The maximum atomic E-state index is 12.9. The van der Waals surface area contributed by atoms with Gasteiger partial charge >= 0.3 is 0 Å². The maximum absolute atomic E-state index is 12.9. The van der Waals surface area contributed by atoms with Crippen molar-refractivity contribution < 1.29 is 9.18 Å². The molecule has 1 amide bonds. The molecule has 19 heavy (non-hydrogen) atoms. The molecule has 0 fully saturated rings. The fraction of sp³-hybridized carbons (Fsp3) is 0.500. The molecule has 0 saturated carbocycles. The zero-order valence-electron chi connectivity index (χ0n) is 11.6. The summed E-state index contributed by atoms with van der Waals surface area (Å²) < 4.78 is 12.9. The molecule has 106 valence electrons. The van der Waals surface area contributed by atoms with Crippen molar-refractivity contribution in [2.45, 2.75) is 25.4 Å². The number of likely N-dealkylation sites (N-methyl/N-ethyl adjacent to an activating group) is 1. The molecule has 0 aromatic heterocycles. The number of rotatable bonds is 6. The number of halogens is 1. The first kappa shape index (κ1) is 16.0. The SMILES string of the molecule is CSCC[C@H](N)C(=O)N(C)C(C)c1ccc(F)cc1. The molecule has 0 aliphatic carbocycles. The number of benzene rings is 1. The lowest BCUT2D eigenvalue weighted by molar-refractivity contribution is -0.133. The molecular weight excluding hydrogens is 263 g/mol. The lowest BCUT2D eigenvalue weighted by atomic mass is 10.1. The summed E-state index contributed by atoms with van der Waals surface area (Å²) in [6.07, 6.45) is 2.66. The normalized spacial score (nSPS) is 13.9. The topological polar surface area (TPSA) is 46.3 Å². The third-order valence-electron chi connectivity index (χ3n) is 3.23. The smallest absolute Gasteiger partial charge is 0.239 e. The zero-order chi connectivity index (χ0) is 14.4. The van der Waals surface area contributed by atoms with Crippen molar-refractivity contribution in [2.24, 2.45) is 5.73 Å². The second kappa shape index (κ2) is 7.50. The van der Waals surface area contributed by atoms with Gasteiger partial charge in [0.15, 0.2) is 0 Å². The van der Waals surface area contributed by atoms with Gasteiger partial charge in [-0.25, -0.2) is 4.39 Å². The van der Waals surface area contributed by atoms with E-state index in [-0.39, 0.29) is 17.8 Å². The Kier molecular flexibility index (Phi) is 6.31. The number of amides is 1. The largest absolute Gasteiger partial charge is 0.338 e. The molecule has 0 aliphatic heterocycles. The highest BCUT2D eigenvalue weighted by atomic mass is 32.2. The van der Waals surface area contributed by atoms with Crippen LogP contribution in [0.3, 0.4) is 0 Å². The lowest BCUT2D eigenvalue weighted by Crippen LogP contribution is -2.43. The highest BCUT2D eigenvalue weighted by Gasteiger charge is 2.22. The van der Waals surface area contributed by atoms with Crippen LogP contribution in [0.5, 0.6) is 0 Å². The molecule has 0 heterocycles. The van der Waals surface area contributed by atoms with E-state index >= 15 is 0 Å². The standard InChI is InChI=1S/C14H21FN2OS/c1-10(11-4-6-12(15)7-5-11)17(2)14(18)13(16)8-9-19-3/h4-7,10,13H,8-9,16H2,1-3H3/t10?,13-/m0/s1. The summed E-state index contributed by atoms with van der Waals surface area (Å²) >= 11 is 1.67. The third-order valence-corrected chi connectivity index (χ3v) is 3.88. The monoisotopic (exact) mass is 284 g/mol. The Morgan fingerprint density at radius 2 is 2.00 bits per heavy atom. The predicted octanol–water partition coefficient (Wildman–Crippen LogP) is 2.43. The van der Waals surface area contributed by atoms with E-state index in [2.05, 4.69) is 0 Å². The summed E-state index contributed by atoms with van der Waals surface area (Å²) in [5, 5.41) is 0. The number of hydrogen-bond donors (Lipinski definition) is 1. The van der Waals surface area contributed by atoms with Gasteiger partial charge in [-0.1, -0.05) is 12.1 Å². The number of hydrogen-bond acceptors (Lipinski definition) is 3. The molecule has 3 nitrogen and oxygen atoms in total. The second-order valence-corrected chi connectivity index (χ2v) is 5.55. The molecule has 0 saturated heterocycles. The van der Waals surface area contributed by atoms with Gasteiger partial charge in [-0.3, -0.25) is 4.79 Å². The van der Waals surface area contributed by atoms with E-state index in [1.165, 1.54) is 12.1 Å². The first-order valence-electron chi connectivity index (χ1n) is 6.24. The number of nitrogens with two attached hydrogens (primary N) is 1. The van der Waals surface area contributed by atoms with Crippen molar-refractivity contribution in [3.8, 4) is 0 Å². The minimum Gasteiger partial charge on any atom is -0.338 e. The summed E-state index contributed by atoms with van der Waals surface area (Å²) in [6, 6.07) is 5.60. The van der Waals surface area contributed by atoms with Crippen molar-refractivity contribution in [1.82, 2.24) is 4.90 Å². The van der Waals surface area contributed by atoms with E-state index in [0.717, 1.165) is 11.3 Å². The molecule has 1 unspecified atom stereocenters. The molecule has 1 aromatic carbocycles. The Bertz CT molecular complexity index is 410. The van der Waals surface area contributed by atoms with E-state index in [1.54, 1.807) is 35.8 Å². The van der Waals surface area contributed by atoms with Crippen LogP contribution in [0.4, 0.5) is 4.39 Å². The zero-order valence-corrected chi connectivity index (χ0v) is 12.4. The molecule has 0 spiro atoms. The fourth-order valence-corrected chi connectivity index (χ4v) is 2.28. The molecule has 2 atom stereocenters. The quantitative estimate of drug-likeness (QED) is 0.872. The van der Waals surface area contributed by atoms with E-state index < -0.39 is 6.04 Å². The summed E-state index contributed by atoms with van der Waals surface area (Å²) in [4.78, 5) is 13.8. The van der Waals surface area contributed by atoms with Gasteiger partial charge in [-0.15, -0.1) is 0 Å². The molecule has 1 rings (SSSR count). The van der Waals surface area contributed by atoms with Crippen LogP contribution in [-0.2, 0) is 4.79 Å². The van der Waals surface area contributed by atoms with Crippen LogP contribution in [0.25, 0.3) is 0 Å².